The van der Waals surface area contributed by atoms with Crippen molar-refractivity contribution in [3.05, 3.63) is 47.0 Å². The molecule has 0 unspecified atom stereocenters. The highest BCUT2D eigenvalue weighted by atomic mass is 32.2. The first-order valence-electron chi connectivity index (χ1n) is 9.55. The number of alkyl halides is 3. The molecule has 0 aliphatic heterocycles. The van der Waals surface area contributed by atoms with Crippen LogP contribution >= 0.6 is 0 Å². The molecule has 2 aromatic rings. The van der Waals surface area contributed by atoms with Gasteiger partial charge in [-0.25, -0.2) is 0 Å². The highest BCUT2D eigenvalue weighted by molar-refractivity contribution is 7.88. The van der Waals surface area contributed by atoms with Gasteiger partial charge in [0.2, 0.25) is 0 Å². The normalized spacial score (nSPS) is 11.8. The first-order chi connectivity index (χ1) is 15.1. The minimum atomic E-state index is -5.83. The molecule has 32 heavy (non-hydrogen) atoms. The van der Waals surface area contributed by atoms with Gasteiger partial charge >= 0.3 is 15.6 Å². The highest BCUT2D eigenvalue weighted by Gasteiger charge is 2.48. The number of benzene rings is 2. The van der Waals surface area contributed by atoms with Gasteiger partial charge in [-0.2, -0.15) is 21.6 Å². The Hall–Kier alpha value is -2.66. The average Bonchev–Trinajstić information content (AvgIpc) is 2.73. The van der Waals surface area contributed by atoms with Gasteiger partial charge in [0.1, 0.15) is 23.0 Å². The zero-order valence-electron chi connectivity index (χ0n) is 18.1. The molecule has 0 atom stereocenters. The average molecular weight is 478 g/mol. The van der Waals surface area contributed by atoms with Crippen molar-refractivity contribution in [2.45, 2.75) is 31.7 Å². The minimum Gasteiger partial charge on any atom is -0.496 e. The quantitative estimate of drug-likeness (QED) is 0.268. The molecule has 0 aliphatic rings. The van der Waals surface area contributed by atoms with Gasteiger partial charge in [-0.15, -0.1) is 0 Å². The predicted octanol–water partition coefficient (Wildman–Crippen LogP) is 4.46. The molecule has 0 bridgehead atoms. The van der Waals surface area contributed by atoms with Gasteiger partial charge in [-0.3, -0.25) is 0 Å². The predicted molar refractivity (Wildman–Crippen MR) is 111 cm³/mol. The first-order valence-corrected chi connectivity index (χ1v) is 11.0. The summed E-state index contributed by atoms with van der Waals surface area (Å²) in [5.41, 5.74) is -3.21. The topological polar surface area (TPSA) is 80.3 Å². The summed E-state index contributed by atoms with van der Waals surface area (Å²) in [4.78, 5) is 0. The van der Waals surface area contributed by atoms with E-state index in [0.717, 1.165) is 36.1 Å². The Morgan fingerprint density at radius 3 is 2.06 bits per heavy atom. The van der Waals surface area contributed by atoms with Crippen LogP contribution in [0.5, 0.6) is 23.0 Å². The largest absolute Gasteiger partial charge is 0.534 e. The second kappa shape index (κ2) is 10.8. The number of methoxy groups -OCH3 is 3. The number of hydrogen-bond donors (Lipinski definition) is 0. The van der Waals surface area contributed by atoms with Crippen LogP contribution in [-0.4, -0.2) is 42.0 Å². The van der Waals surface area contributed by atoms with Crippen LogP contribution in [0.15, 0.2) is 30.3 Å². The van der Waals surface area contributed by atoms with E-state index < -0.39 is 21.4 Å². The standard InChI is InChI=1S/C21H25F3O7S/c1-5-6-15-9-14(7-8-18(15)30-13-27-2)10-17-19(28-3)11-16(12-20(17)29-4)31-32(25,26)21(22,23)24/h7-9,11-12H,5-6,10,13H2,1-4H3. The van der Waals surface area contributed by atoms with Gasteiger partial charge < -0.3 is 23.1 Å². The monoisotopic (exact) mass is 478 g/mol. The van der Waals surface area contributed by atoms with Gasteiger partial charge in [0.15, 0.2) is 6.79 Å². The lowest BCUT2D eigenvalue weighted by Crippen LogP contribution is -2.28. The lowest BCUT2D eigenvalue weighted by atomic mass is 9.99. The summed E-state index contributed by atoms with van der Waals surface area (Å²) in [7, 11) is -1.68. The van der Waals surface area contributed by atoms with E-state index in [0.29, 0.717) is 17.7 Å². The molecule has 0 aromatic heterocycles. The van der Waals surface area contributed by atoms with E-state index >= 15 is 0 Å². The van der Waals surface area contributed by atoms with Crippen molar-refractivity contribution in [2.75, 3.05) is 28.1 Å². The Morgan fingerprint density at radius 2 is 1.56 bits per heavy atom. The summed E-state index contributed by atoms with van der Waals surface area (Å²) in [6.45, 7) is 2.15. The summed E-state index contributed by atoms with van der Waals surface area (Å²) in [5.74, 6) is 0.356. The molecule has 7 nitrogen and oxygen atoms in total. The third kappa shape index (κ3) is 6.19. The SMILES string of the molecule is CCCc1cc(Cc2c(OC)cc(OS(=O)(=O)C(F)(F)F)cc2OC)ccc1OCOC. The number of aryl methyl sites for hydroxylation is 1. The number of rotatable bonds is 11. The van der Waals surface area contributed by atoms with Gasteiger partial charge in [-0.05, 0) is 23.6 Å². The fourth-order valence-corrected chi connectivity index (χ4v) is 3.48. The van der Waals surface area contributed by atoms with E-state index in [1.165, 1.54) is 21.3 Å². The maximum absolute atomic E-state index is 12.7. The summed E-state index contributed by atoms with van der Waals surface area (Å²) >= 11 is 0. The summed E-state index contributed by atoms with van der Waals surface area (Å²) in [6.07, 6.45) is 1.96. The van der Waals surface area contributed by atoms with Crippen molar-refractivity contribution < 1.29 is 44.7 Å². The second-order valence-electron chi connectivity index (χ2n) is 6.71. The molecule has 0 N–H and O–H groups in total. The van der Waals surface area contributed by atoms with Gasteiger partial charge in [0.25, 0.3) is 0 Å². The summed E-state index contributed by atoms with van der Waals surface area (Å²) in [6, 6.07) is 7.74. The highest BCUT2D eigenvalue weighted by Crippen LogP contribution is 2.38. The van der Waals surface area contributed by atoms with Crippen molar-refractivity contribution in [2.24, 2.45) is 0 Å². The molecule has 0 saturated carbocycles. The van der Waals surface area contributed by atoms with Crippen molar-refractivity contribution >= 4 is 10.1 Å². The molecule has 0 spiro atoms. The van der Waals surface area contributed by atoms with Crippen LogP contribution in [0.3, 0.4) is 0 Å². The Morgan fingerprint density at radius 1 is 0.938 bits per heavy atom. The van der Waals surface area contributed by atoms with Crippen LogP contribution in [0.4, 0.5) is 13.2 Å². The molecule has 11 heteroatoms. The molecule has 2 rings (SSSR count). The third-order valence-corrected chi connectivity index (χ3v) is 5.41. The van der Waals surface area contributed by atoms with E-state index in [2.05, 4.69) is 4.18 Å². The molecule has 2 aromatic carbocycles. The lowest BCUT2D eigenvalue weighted by Gasteiger charge is -2.17. The van der Waals surface area contributed by atoms with Crippen LogP contribution in [0.2, 0.25) is 0 Å². The van der Waals surface area contributed by atoms with E-state index in [9.17, 15) is 21.6 Å². The van der Waals surface area contributed by atoms with E-state index in [1.54, 1.807) is 0 Å². The molecule has 0 aliphatic carbocycles. The van der Waals surface area contributed by atoms with Crippen molar-refractivity contribution in [1.29, 1.82) is 0 Å². The van der Waals surface area contributed by atoms with Crippen molar-refractivity contribution in [1.82, 2.24) is 0 Å². The number of halogens is 3. The smallest absolute Gasteiger partial charge is 0.496 e. The minimum absolute atomic E-state index is 0.111. The van der Waals surface area contributed by atoms with Gasteiger partial charge in [-0.1, -0.05) is 25.5 Å². The Labute approximate surface area is 185 Å². The summed E-state index contributed by atoms with van der Waals surface area (Å²) < 4.78 is 86.0. The molecular formula is C21H25F3O7S. The fraction of sp³-hybridized carbons (Fsp3) is 0.429. The Kier molecular flexibility index (Phi) is 8.62. The van der Waals surface area contributed by atoms with Crippen LogP contribution in [-0.2, 0) is 27.7 Å². The molecule has 0 heterocycles. The van der Waals surface area contributed by atoms with Gasteiger partial charge in [0.05, 0.1) is 14.2 Å². The van der Waals surface area contributed by atoms with E-state index in [4.69, 9.17) is 18.9 Å². The number of ether oxygens (including phenoxy) is 4. The second-order valence-corrected chi connectivity index (χ2v) is 8.25. The van der Waals surface area contributed by atoms with Crippen molar-refractivity contribution in [3.8, 4) is 23.0 Å². The van der Waals surface area contributed by atoms with Crippen LogP contribution < -0.4 is 18.4 Å². The third-order valence-electron chi connectivity index (χ3n) is 4.43. The van der Waals surface area contributed by atoms with Crippen LogP contribution in [0.1, 0.15) is 30.0 Å². The summed E-state index contributed by atoms with van der Waals surface area (Å²) in [5, 5.41) is 0. The molecule has 0 saturated heterocycles. The van der Waals surface area contributed by atoms with Crippen LogP contribution in [0.25, 0.3) is 0 Å². The molecule has 0 fully saturated rings. The first kappa shape index (κ1) is 25.6. The maximum Gasteiger partial charge on any atom is 0.534 e. The molecule has 178 valence electrons. The van der Waals surface area contributed by atoms with Crippen molar-refractivity contribution in [3.63, 3.8) is 0 Å². The van der Waals surface area contributed by atoms with E-state index in [1.807, 2.05) is 25.1 Å². The van der Waals surface area contributed by atoms with E-state index in [-0.39, 0.29) is 18.3 Å². The lowest BCUT2D eigenvalue weighted by molar-refractivity contribution is -0.0500. The Balaban J connectivity index is 2.42. The zero-order chi connectivity index (χ0) is 23.9. The zero-order valence-corrected chi connectivity index (χ0v) is 18.9. The fourth-order valence-electron chi connectivity index (χ4n) is 3.03. The van der Waals surface area contributed by atoms with Gasteiger partial charge in [0, 0.05) is 31.2 Å². The number of hydrogen-bond acceptors (Lipinski definition) is 7. The molecule has 0 amide bonds. The van der Waals surface area contributed by atoms with Crippen LogP contribution in [0, 0.1) is 0 Å². The molecular weight excluding hydrogens is 453 g/mol. The maximum atomic E-state index is 12.7. The Bertz CT molecular complexity index is 996. The molecule has 0 radical (unpaired) electrons.